The fourth-order valence-corrected chi connectivity index (χ4v) is 1.92. The third-order valence-electron chi connectivity index (χ3n) is 3.06. The average Bonchev–Trinajstić information content (AvgIpc) is 3.03. The highest BCUT2D eigenvalue weighted by Gasteiger charge is 2.17. The minimum Gasteiger partial charge on any atom is -0.465 e. The number of carbonyl (C=O) groups excluding carboxylic acids is 1. The summed E-state index contributed by atoms with van der Waals surface area (Å²) in [4.78, 5) is 16.6. The summed E-state index contributed by atoms with van der Waals surface area (Å²) in [6.45, 7) is 3.79. The van der Waals surface area contributed by atoms with Crippen molar-refractivity contribution in [1.29, 1.82) is 0 Å². The fourth-order valence-electron chi connectivity index (χ4n) is 1.92. The summed E-state index contributed by atoms with van der Waals surface area (Å²) in [7, 11) is 1.64. The summed E-state index contributed by atoms with van der Waals surface area (Å²) >= 11 is 0. The zero-order chi connectivity index (χ0) is 16.5. The van der Waals surface area contributed by atoms with Gasteiger partial charge in [-0.15, -0.1) is 0 Å². The summed E-state index contributed by atoms with van der Waals surface area (Å²) in [6, 6.07) is 5.25. The molecular formula is C16H22N2O5. The van der Waals surface area contributed by atoms with Gasteiger partial charge in [0.25, 0.3) is 11.9 Å². The number of fused-ring (bicyclic) bond motifs is 1. The third-order valence-corrected chi connectivity index (χ3v) is 3.06. The first kappa shape index (κ1) is 17.1. The molecule has 0 fully saturated rings. The molecule has 23 heavy (non-hydrogen) atoms. The molecule has 1 amide bonds. The predicted molar refractivity (Wildman–Crippen MR) is 85.1 cm³/mol. The van der Waals surface area contributed by atoms with Crippen LogP contribution in [0.25, 0.3) is 0 Å². The van der Waals surface area contributed by atoms with Crippen LogP contribution in [0.3, 0.4) is 0 Å². The monoisotopic (exact) mass is 322 g/mol. The number of rotatable bonds is 7. The number of benzene rings is 1. The predicted octanol–water partition coefficient (Wildman–Crippen LogP) is 1.96. The summed E-state index contributed by atoms with van der Waals surface area (Å²) < 4.78 is 21.0. The molecule has 1 aliphatic heterocycles. The molecule has 0 aliphatic carbocycles. The number of methoxy groups -OCH3 is 1. The third kappa shape index (κ3) is 5.14. The van der Waals surface area contributed by atoms with E-state index in [2.05, 4.69) is 10.3 Å². The number of amides is 1. The Bertz CT molecular complexity index is 559. The van der Waals surface area contributed by atoms with Crippen LogP contribution in [-0.2, 0) is 9.47 Å². The Hall–Kier alpha value is -2.28. The van der Waals surface area contributed by atoms with Crippen LogP contribution >= 0.6 is 0 Å². The second kappa shape index (κ2) is 8.99. The number of hydrogen-bond acceptors (Lipinski definition) is 6. The van der Waals surface area contributed by atoms with E-state index in [1.807, 2.05) is 6.92 Å². The van der Waals surface area contributed by atoms with Crippen molar-refractivity contribution in [3.63, 3.8) is 0 Å². The van der Waals surface area contributed by atoms with E-state index in [4.69, 9.17) is 18.9 Å². The van der Waals surface area contributed by atoms with E-state index < -0.39 is 0 Å². The summed E-state index contributed by atoms with van der Waals surface area (Å²) in [5.74, 6) is 0.896. The van der Waals surface area contributed by atoms with Gasteiger partial charge in [-0.25, -0.2) is 4.99 Å². The standard InChI is InChI=1S/C16H22N2O5/c1-3-8-21-16(17-7-4-9-20-2)18-15(19)12-5-6-13-14(10-12)23-11-22-13/h5-6,10H,3-4,7-9,11H2,1-2H3,(H,17,18,19). The number of hydrogen-bond donors (Lipinski definition) is 1. The lowest BCUT2D eigenvalue weighted by molar-refractivity contribution is 0.0965. The lowest BCUT2D eigenvalue weighted by Gasteiger charge is -2.10. The molecule has 1 aromatic rings. The molecule has 1 aliphatic rings. The fraction of sp³-hybridized carbons (Fsp3) is 0.500. The van der Waals surface area contributed by atoms with Gasteiger partial charge in [-0.3, -0.25) is 10.1 Å². The molecule has 0 saturated heterocycles. The Kier molecular flexibility index (Phi) is 6.68. The van der Waals surface area contributed by atoms with Gasteiger partial charge in [0.15, 0.2) is 11.5 Å². The van der Waals surface area contributed by atoms with Crippen molar-refractivity contribution in [1.82, 2.24) is 5.32 Å². The van der Waals surface area contributed by atoms with Gasteiger partial charge in [-0.2, -0.15) is 0 Å². The van der Waals surface area contributed by atoms with E-state index in [1.54, 1.807) is 25.3 Å². The van der Waals surface area contributed by atoms with Gasteiger partial charge in [0.05, 0.1) is 6.61 Å². The Morgan fingerprint density at radius 3 is 2.91 bits per heavy atom. The van der Waals surface area contributed by atoms with Crippen molar-refractivity contribution in [2.24, 2.45) is 4.99 Å². The highest BCUT2D eigenvalue weighted by molar-refractivity contribution is 6.04. The van der Waals surface area contributed by atoms with E-state index in [0.717, 1.165) is 12.8 Å². The van der Waals surface area contributed by atoms with E-state index in [1.165, 1.54) is 0 Å². The van der Waals surface area contributed by atoms with Crippen LogP contribution in [0.1, 0.15) is 30.1 Å². The van der Waals surface area contributed by atoms with E-state index >= 15 is 0 Å². The summed E-state index contributed by atoms with van der Waals surface area (Å²) in [5.41, 5.74) is 0.457. The maximum absolute atomic E-state index is 12.3. The summed E-state index contributed by atoms with van der Waals surface area (Å²) in [6.07, 6.45) is 1.59. The maximum Gasteiger partial charge on any atom is 0.291 e. The molecule has 7 heteroatoms. The van der Waals surface area contributed by atoms with Crippen molar-refractivity contribution in [2.45, 2.75) is 19.8 Å². The lowest BCUT2D eigenvalue weighted by atomic mass is 10.2. The van der Waals surface area contributed by atoms with E-state index in [0.29, 0.717) is 36.8 Å². The van der Waals surface area contributed by atoms with Gasteiger partial charge in [0.1, 0.15) is 0 Å². The van der Waals surface area contributed by atoms with Crippen molar-refractivity contribution >= 4 is 11.9 Å². The van der Waals surface area contributed by atoms with Gasteiger partial charge in [-0.1, -0.05) is 6.92 Å². The second-order valence-corrected chi connectivity index (χ2v) is 4.90. The maximum atomic E-state index is 12.3. The number of nitrogens with zero attached hydrogens (tertiary/aromatic N) is 1. The van der Waals surface area contributed by atoms with Crippen molar-refractivity contribution in [3.8, 4) is 11.5 Å². The molecule has 0 bridgehead atoms. The van der Waals surface area contributed by atoms with Crippen LogP contribution in [0.15, 0.2) is 23.2 Å². The molecule has 0 saturated carbocycles. The summed E-state index contributed by atoms with van der Waals surface area (Å²) in [5, 5.41) is 2.69. The topological polar surface area (TPSA) is 78.4 Å². The molecule has 0 radical (unpaired) electrons. The van der Waals surface area contributed by atoms with Crippen molar-refractivity contribution < 1.29 is 23.7 Å². The number of nitrogens with one attached hydrogen (secondary N) is 1. The molecule has 1 heterocycles. The number of carbonyl (C=O) groups is 1. The van der Waals surface area contributed by atoms with Gasteiger partial charge in [0.2, 0.25) is 6.79 Å². The molecule has 2 rings (SSSR count). The number of amidine groups is 1. The zero-order valence-corrected chi connectivity index (χ0v) is 13.5. The van der Waals surface area contributed by atoms with Crippen LogP contribution in [-0.4, -0.2) is 45.6 Å². The largest absolute Gasteiger partial charge is 0.465 e. The smallest absolute Gasteiger partial charge is 0.291 e. The van der Waals surface area contributed by atoms with Gasteiger partial charge >= 0.3 is 0 Å². The molecule has 1 aromatic carbocycles. The number of ether oxygens (including phenoxy) is 4. The molecule has 0 spiro atoms. The van der Waals surface area contributed by atoms with E-state index in [-0.39, 0.29) is 18.7 Å². The molecule has 0 aromatic heterocycles. The van der Waals surface area contributed by atoms with Gasteiger partial charge < -0.3 is 18.9 Å². The Morgan fingerprint density at radius 1 is 1.30 bits per heavy atom. The van der Waals surface area contributed by atoms with E-state index in [9.17, 15) is 4.79 Å². The highest BCUT2D eigenvalue weighted by Crippen LogP contribution is 2.32. The normalized spacial score (nSPS) is 13.0. The molecule has 0 unspecified atom stereocenters. The Morgan fingerprint density at radius 2 is 2.13 bits per heavy atom. The SMILES string of the molecule is CCCOC(=NCCCOC)NC(=O)c1ccc2c(c1)OCO2. The van der Waals surface area contributed by atoms with Gasteiger partial charge in [0, 0.05) is 25.8 Å². The molecule has 0 atom stereocenters. The van der Waals surface area contributed by atoms with Crippen LogP contribution < -0.4 is 14.8 Å². The van der Waals surface area contributed by atoms with Crippen LogP contribution in [0.2, 0.25) is 0 Å². The van der Waals surface area contributed by atoms with Crippen molar-refractivity contribution in [2.75, 3.05) is 33.7 Å². The zero-order valence-electron chi connectivity index (χ0n) is 13.5. The quantitative estimate of drug-likeness (QED) is 0.472. The lowest BCUT2D eigenvalue weighted by Crippen LogP contribution is -2.33. The minimum absolute atomic E-state index is 0.173. The van der Waals surface area contributed by atoms with Gasteiger partial charge in [-0.05, 0) is 31.0 Å². The van der Waals surface area contributed by atoms with Crippen LogP contribution in [0.5, 0.6) is 11.5 Å². The first-order valence-corrected chi connectivity index (χ1v) is 7.61. The molecule has 1 N–H and O–H groups in total. The second-order valence-electron chi connectivity index (χ2n) is 4.90. The average molecular weight is 322 g/mol. The molecular weight excluding hydrogens is 300 g/mol. The van der Waals surface area contributed by atoms with Crippen molar-refractivity contribution in [3.05, 3.63) is 23.8 Å². The first-order chi connectivity index (χ1) is 11.2. The van der Waals surface area contributed by atoms with Crippen LogP contribution in [0, 0.1) is 0 Å². The molecule has 126 valence electrons. The Labute approximate surface area is 135 Å². The number of aliphatic imine (C=N–C) groups is 1. The Balaban J connectivity index is 1.98. The molecule has 7 nitrogen and oxygen atoms in total. The highest BCUT2D eigenvalue weighted by atomic mass is 16.7. The minimum atomic E-state index is -0.301. The van der Waals surface area contributed by atoms with Crippen LogP contribution in [0.4, 0.5) is 0 Å². The first-order valence-electron chi connectivity index (χ1n) is 7.61.